The number of aromatic nitrogens is 3. The van der Waals surface area contributed by atoms with E-state index in [0.717, 1.165) is 12.4 Å². The molecule has 0 saturated carbocycles. The Kier molecular flexibility index (Phi) is 3.82. The number of nitrogens with one attached hydrogen (secondary N) is 1. The smallest absolute Gasteiger partial charge is 0.141 e. The van der Waals surface area contributed by atoms with Crippen molar-refractivity contribution in [3.05, 3.63) is 47.8 Å². The standard InChI is InChI=1S/C12H15FN4/c1-2-14-7-12-15-9-16-17(12)8-10-5-3-4-6-11(10)13/h3-6,9,14H,2,7-8H2,1H3. The lowest BCUT2D eigenvalue weighted by atomic mass is 10.2. The molecule has 0 amide bonds. The first kappa shape index (κ1) is 11.7. The monoisotopic (exact) mass is 234 g/mol. The minimum absolute atomic E-state index is 0.211. The molecule has 1 heterocycles. The molecular weight excluding hydrogens is 219 g/mol. The minimum Gasteiger partial charge on any atom is -0.310 e. The van der Waals surface area contributed by atoms with Crippen LogP contribution in [0, 0.1) is 5.82 Å². The molecule has 2 rings (SSSR count). The van der Waals surface area contributed by atoms with Crippen LogP contribution in [0.5, 0.6) is 0 Å². The zero-order valence-electron chi connectivity index (χ0n) is 9.73. The third-order valence-corrected chi connectivity index (χ3v) is 2.51. The second-order valence-corrected chi connectivity index (χ2v) is 3.71. The van der Waals surface area contributed by atoms with E-state index in [1.807, 2.05) is 13.0 Å². The number of hydrogen-bond donors (Lipinski definition) is 1. The summed E-state index contributed by atoms with van der Waals surface area (Å²) < 4.78 is 15.2. The predicted octanol–water partition coefficient (Wildman–Crippen LogP) is 1.57. The Hall–Kier alpha value is -1.75. The van der Waals surface area contributed by atoms with E-state index in [1.54, 1.807) is 16.8 Å². The van der Waals surface area contributed by atoms with E-state index in [9.17, 15) is 4.39 Å². The Balaban J connectivity index is 2.13. The molecule has 0 unspecified atom stereocenters. The molecule has 0 bridgehead atoms. The van der Waals surface area contributed by atoms with Gasteiger partial charge in [-0.25, -0.2) is 14.1 Å². The zero-order chi connectivity index (χ0) is 12.1. The van der Waals surface area contributed by atoms with Crippen LogP contribution in [0.3, 0.4) is 0 Å². The molecule has 17 heavy (non-hydrogen) atoms. The average molecular weight is 234 g/mol. The van der Waals surface area contributed by atoms with Crippen molar-refractivity contribution >= 4 is 0 Å². The summed E-state index contributed by atoms with van der Waals surface area (Å²) in [6.07, 6.45) is 1.49. The molecular formula is C12H15FN4. The SMILES string of the molecule is CCNCc1ncnn1Cc1ccccc1F. The molecule has 1 aromatic carbocycles. The molecule has 1 aromatic heterocycles. The number of rotatable bonds is 5. The van der Waals surface area contributed by atoms with Gasteiger partial charge in [-0.05, 0) is 12.6 Å². The third kappa shape index (κ3) is 2.88. The Labute approximate surface area is 99.5 Å². The molecule has 0 radical (unpaired) electrons. The van der Waals surface area contributed by atoms with E-state index in [-0.39, 0.29) is 5.82 Å². The van der Waals surface area contributed by atoms with Crippen molar-refractivity contribution in [2.75, 3.05) is 6.54 Å². The van der Waals surface area contributed by atoms with Crippen molar-refractivity contribution in [2.45, 2.75) is 20.0 Å². The van der Waals surface area contributed by atoms with Gasteiger partial charge >= 0.3 is 0 Å². The predicted molar refractivity (Wildman–Crippen MR) is 62.9 cm³/mol. The average Bonchev–Trinajstić information content (AvgIpc) is 2.77. The summed E-state index contributed by atoms with van der Waals surface area (Å²) in [7, 11) is 0. The molecule has 0 fully saturated rings. The zero-order valence-corrected chi connectivity index (χ0v) is 9.73. The quantitative estimate of drug-likeness (QED) is 0.854. The molecule has 0 atom stereocenters. The van der Waals surface area contributed by atoms with Gasteiger partial charge < -0.3 is 5.32 Å². The van der Waals surface area contributed by atoms with E-state index in [2.05, 4.69) is 15.4 Å². The van der Waals surface area contributed by atoms with E-state index < -0.39 is 0 Å². The number of halogens is 1. The molecule has 0 saturated heterocycles. The number of benzene rings is 1. The van der Waals surface area contributed by atoms with Gasteiger partial charge in [0.2, 0.25) is 0 Å². The third-order valence-electron chi connectivity index (χ3n) is 2.51. The number of hydrogen-bond acceptors (Lipinski definition) is 3. The number of nitrogens with zero attached hydrogens (tertiary/aromatic N) is 3. The Bertz CT molecular complexity index is 481. The molecule has 4 nitrogen and oxygen atoms in total. The minimum atomic E-state index is -0.211. The van der Waals surface area contributed by atoms with Crippen LogP contribution in [0.25, 0.3) is 0 Å². The van der Waals surface area contributed by atoms with E-state index in [4.69, 9.17) is 0 Å². The second-order valence-electron chi connectivity index (χ2n) is 3.71. The van der Waals surface area contributed by atoms with Gasteiger partial charge in [-0.2, -0.15) is 5.10 Å². The fourth-order valence-corrected chi connectivity index (χ4v) is 1.58. The summed E-state index contributed by atoms with van der Waals surface area (Å²) >= 11 is 0. The van der Waals surface area contributed by atoms with Crippen molar-refractivity contribution in [2.24, 2.45) is 0 Å². The van der Waals surface area contributed by atoms with Crippen LogP contribution in [0.15, 0.2) is 30.6 Å². The Morgan fingerprint density at radius 2 is 2.18 bits per heavy atom. The summed E-state index contributed by atoms with van der Waals surface area (Å²) in [5.41, 5.74) is 0.621. The molecule has 0 aliphatic carbocycles. The van der Waals surface area contributed by atoms with Gasteiger partial charge in [-0.1, -0.05) is 25.1 Å². The van der Waals surface area contributed by atoms with Crippen LogP contribution in [-0.2, 0) is 13.1 Å². The lowest BCUT2D eigenvalue weighted by Crippen LogP contribution is -2.17. The maximum atomic E-state index is 13.5. The summed E-state index contributed by atoms with van der Waals surface area (Å²) in [6.45, 7) is 3.95. The molecule has 0 aliphatic heterocycles. The van der Waals surface area contributed by atoms with Gasteiger partial charge in [0.1, 0.15) is 18.0 Å². The topological polar surface area (TPSA) is 42.7 Å². The van der Waals surface area contributed by atoms with E-state index >= 15 is 0 Å². The van der Waals surface area contributed by atoms with Crippen molar-refractivity contribution < 1.29 is 4.39 Å². The van der Waals surface area contributed by atoms with Gasteiger partial charge in [-0.15, -0.1) is 0 Å². The molecule has 5 heteroatoms. The van der Waals surface area contributed by atoms with Crippen LogP contribution in [0.4, 0.5) is 4.39 Å². The van der Waals surface area contributed by atoms with E-state index in [0.29, 0.717) is 18.7 Å². The highest BCUT2D eigenvalue weighted by atomic mass is 19.1. The molecule has 90 valence electrons. The molecule has 2 aromatic rings. The Morgan fingerprint density at radius 3 is 2.94 bits per heavy atom. The van der Waals surface area contributed by atoms with Crippen LogP contribution >= 0.6 is 0 Å². The largest absolute Gasteiger partial charge is 0.310 e. The van der Waals surface area contributed by atoms with Gasteiger partial charge in [0.15, 0.2) is 0 Å². The van der Waals surface area contributed by atoms with Crippen molar-refractivity contribution in [3.8, 4) is 0 Å². The van der Waals surface area contributed by atoms with Crippen LogP contribution in [0.2, 0.25) is 0 Å². The molecule has 0 spiro atoms. The first-order valence-corrected chi connectivity index (χ1v) is 5.62. The maximum absolute atomic E-state index is 13.5. The van der Waals surface area contributed by atoms with Crippen LogP contribution < -0.4 is 5.32 Å². The summed E-state index contributed by atoms with van der Waals surface area (Å²) in [4.78, 5) is 4.15. The van der Waals surface area contributed by atoms with Gasteiger partial charge in [0, 0.05) is 5.56 Å². The highest BCUT2D eigenvalue weighted by Crippen LogP contribution is 2.08. The lowest BCUT2D eigenvalue weighted by Gasteiger charge is -2.07. The van der Waals surface area contributed by atoms with E-state index in [1.165, 1.54) is 12.4 Å². The fraction of sp³-hybridized carbons (Fsp3) is 0.333. The summed E-state index contributed by atoms with van der Waals surface area (Å²) in [5, 5.41) is 7.28. The summed E-state index contributed by atoms with van der Waals surface area (Å²) in [6, 6.07) is 6.71. The fourth-order valence-electron chi connectivity index (χ4n) is 1.58. The maximum Gasteiger partial charge on any atom is 0.141 e. The van der Waals surface area contributed by atoms with Crippen molar-refractivity contribution in [1.82, 2.24) is 20.1 Å². The highest BCUT2D eigenvalue weighted by molar-refractivity contribution is 5.17. The second kappa shape index (κ2) is 5.54. The van der Waals surface area contributed by atoms with Crippen molar-refractivity contribution in [3.63, 3.8) is 0 Å². The molecule has 0 aliphatic rings. The van der Waals surface area contributed by atoms with Gasteiger partial charge in [-0.3, -0.25) is 0 Å². The lowest BCUT2D eigenvalue weighted by molar-refractivity contribution is 0.560. The first-order valence-electron chi connectivity index (χ1n) is 5.62. The van der Waals surface area contributed by atoms with Crippen LogP contribution in [0.1, 0.15) is 18.3 Å². The highest BCUT2D eigenvalue weighted by Gasteiger charge is 2.07. The van der Waals surface area contributed by atoms with Crippen LogP contribution in [-0.4, -0.2) is 21.3 Å². The summed E-state index contributed by atoms with van der Waals surface area (Å²) in [5.74, 6) is 0.604. The van der Waals surface area contributed by atoms with Gasteiger partial charge in [0.05, 0.1) is 13.1 Å². The van der Waals surface area contributed by atoms with Gasteiger partial charge in [0.25, 0.3) is 0 Å². The normalized spacial score (nSPS) is 10.7. The van der Waals surface area contributed by atoms with Crippen molar-refractivity contribution in [1.29, 1.82) is 0 Å². The molecule has 1 N–H and O–H groups in total. The first-order chi connectivity index (χ1) is 8.31. The Morgan fingerprint density at radius 1 is 1.35 bits per heavy atom.